The summed E-state index contributed by atoms with van der Waals surface area (Å²) in [6.07, 6.45) is 1.65. The smallest absolute Gasteiger partial charge is 0.315 e. The van der Waals surface area contributed by atoms with Crippen LogP contribution in [-0.4, -0.2) is 38.4 Å². The lowest BCUT2D eigenvalue weighted by atomic mass is 10.2. The van der Waals surface area contributed by atoms with Crippen LogP contribution in [0.2, 0.25) is 0 Å². The molecule has 7 nitrogen and oxygen atoms in total. The van der Waals surface area contributed by atoms with Crippen molar-refractivity contribution < 1.29 is 19.0 Å². The molecular formula is C20H23N3O4. The summed E-state index contributed by atoms with van der Waals surface area (Å²) < 4.78 is 15.8. The summed E-state index contributed by atoms with van der Waals surface area (Å²) in [4.78, 5) is 15.9. The Morgan fingerprint density at radius 2 is 1.89 bits per heavy atom. The minimum Gasteiger partial charge on any atom is -0.493 e. The van der Waals surface area contributed by atoms with Gasteiger partial charge in [0.1, 0.15) is 12.4 Å². The summed E-state index contributed by atoms with van der Waals surface area (Å²) in [5.74, 6) is 7.58. The Morgan fingerprint density at radius 1 is 1.07 bits per heavy atom. The molecule has 7 heteroatoms. The van der Waals surface area contributed by atoms with E-state index in [1.54, 1.807) is 26.5 Å². The van der Waals surface area contributed by atoms with Crippen molar-refractivity contribution in [3.8, 4) is 29.1 Å². The SMILES string of the molecule is COc1ccc(CNC(=O)NCC#CCOc2ccc(C)nc2)cc1OC. The van der Waals surface area contributed by atoms with Gasteiger partial charge in [0.05, 0.1) is 27.0 Å². The molecule has 0 bridgehead atoms. The highest BCUT2D eigenvalue weighted by atomic mass is 16.5. The van der Waals surface area contributed by atoms with Crippen LogP contribution in [0.3, 0.4) is 0 Å². The summed E-state index contributed by atoms with van der Waals surface area (Å²) in [6, 6.07) is 8.87. The lowest BCUT2D eigenvalue weighted by molar-refractivity contribution is 0.241. The first kappa shape index (κ1) is 19.9. The number of pyridine rings is 1. The Morgan fingerprint density at radius 3 is 2.59 bits per heavy atom. The van der Waals surface area contributed by atoms with E-state index in [2.05, 4.69) is 27.5 Å². The number of methoxy groups -OCH3 is 2. The van der Waals surface area contributed by atoms with E-state index < -0.39 is 0 Å². The zero-order chi connectivity index (χ0) is 19.5. The third kappa shape index (κ3) is 6.78. The monoisotopic (exact) mass is 369 g/mol. The molecular weight excluding hydrogens is 346 g/mol. The molecule has 0 radical (unpaired) electrons. The predicted octanol–water partition coefficient (Wildman–Crippen LogP) is 2.29. The molecule has 0 fully saturated rings. The van der Waals surface area contributed by atoms with Crippen LogP contribution >= 0.6 is 0 Å². The molecule has 2 aromatic rings. The van der Waals surface area contributed by atoms with Gasteiger partial charge >= 0.3 is 6.03 Å². The van der Waals surface area contributed by atoms with Crippen LogP contribution in [0.15, 0.2) is 36.5 Å². The van der Waals surface area contributed by atoms with E-state index in [0.717, 1.165) is 11.3 Å². The molecule has 142 valence electrons. The Kier molecular flexibility index (Phi) is 7.79. The van der Waals surface area contributed by atoms with E-state index in [1.165, 1.54) is 0 Å². The lowest BCUT2D eigenvalue weighted by Gasteiger charge is -2.10. The molecule has 0 saturated heterocycles. The van der Waals surface area contributed by atoms with Crippen LogP contribution < -0.4 is 24.8 Å². The minimum absolute atomic E-state index is 0.229. The zero-order valence-corrected chi connectivity index (χ0v) is 15.7. The Balaban J connectivity index is 1.67. The highest BCUT2D eigenvalue weighted by Gasteiger charge is 2.05. The predicted molar refractivity (Wildman–Crippen MR) is 102 cm³/mol. The van der Waals surface area contributed by atoms with E-state index in [4.69, 9.17) is 14.2 Å². The van der Waals surface area contributed by atoms with Gasteiger partial charge in [-0.3, -0.25) is 4.98 Å². The van der Waals surface area contributed by atoms with Crippen molar-refractivity contribution >= 4 is 6.03 Å². The standard InChI is InChI=1S/C20H23N3O4/c1-15-6-8-17(14-22-15)27-11-5-4-10-21-20(24)23-13-16-7-9-18(25-2)19(12-16)26-3/h6-9,12,14H,10-11,13H2,1-3H3,(H2,21,23,24). The van der Waals surface area contributed by atoms with Crippen LogP contribution in [0.25, 0.3) is 0 Å². The molecule has 1 aromatic heterocycles. The number of aryl methyl sites for hydroxylation is 1. The van der Waals surface area contributed by atoms with Gasteiger partial charge in [0.2, 0.25) is 0 Å². The summed E-state index contributed by atoms with van der Waals surface area (Å²) in [5, 5.41) is 5.42. The Bertz CT molecular complexity index is 810. The molecule has 0 aliphatic heterocycles. The average Bonchev–Trinajstić information content (AvgIpc) is 2.70. The number of nitrogens with zero attached hydrogens (tertiary/aromatic N) is 1. The number of carbonyl (C=O) groups excluding carboxylic acids is 1. The fourth-order valence-electron chi connectivity index (χ4n) is 2.13. The van der Waals surface area contributed by atoms with Gasteiger partial charge in [-0.2, -0.15) is 0 Å². The van der Waals surface area contributed by atoms with Gasteiger partial charge in [-0.1, -0.05) is 17.9 Å². The number of carbonyl (C=O) groups is 1. The van der Waals surface area contributed by atoms with Crippen molar-refractivity contribution in [3.63, 3.8) is 0 Å². The number of urea groups is 1. The molecule has 0 aliphatic rings. The van der Waals surface area contributed by atoms with E-state index in [0.29, 0.717) is 23.8 Å². The molecule has 2 amide bonds. The van der Waals surface area contributed by atoms with Crippen LogP contribution in [0.5, 0.6) is 17.2 Å². The van der Waals surface area contributed by atoms with E-state index >= 15 is 0 Å². The van der Waals surface area contributed by atoms with Crippen LogP contribution in [0.1, 0.15) is 11.3 Å². The van der Waals surface area contributed by atoms with Gasteiger partial charge in [0, 0.05) is 12.2 Å². The third-order valence-electron chi connectivity index (χ3n) is 3.56. The Hall–Kier alpha value is -3.40. The molecule has 0 spiro atoms. The van der Waals surface area contributed by atoms with E-state index in [1.807, 2.05) is 31.2 Å². The second kappa shape index (κ2) is 10.6. The normalized spacial score (nSPS) is 9.59. The molecule has 1 heterocycles. The van der Waals surface area contributed by atoms with Crippen molar-refractivity contribution in [3.05, 3.63) is 47.8 Å². The van der Waals surface area contributed by atoms with Crippen LogP contribution in [0, 0.1) is 18.8 Å². The van der Waals surface area contributed by atoms with Crippen LogP contribution in [0.4, 0.5) is 4.79 Å². The number of ether oxygens (including phenoxy) is 3. The van der Waals surface area contributed by atoms with Gasteiger partial charge in [-0.15, -0.1) is 0 Å². The molecule has 0 atom stereocenters. The summed E-state index contributed by atoms with van der Waals surface area (Å²) in [5.41, 5.74) is 1.82. The average molecular weight is 369 g/mol. The first-order valence-electron chi connectivity index (χ1n) is 8.36. The first-order valence-corrected chi connectivity index (χ1v) is 8.36. The molecule has 0 unspecified atom stereocenters. The van der Waals surface area contributed by atoms with Crippen molar-refractivity contribution in [2.24, 2.45) is 0 Å². The maximum atomic E-state index is 11.8. The lowest BCUT2D eigenvalue weighted by Crippen LogP contribution is -2.35. The van der Waals surface area contributed by atoms with Crippen molar-refractivity contribution in [2.45, 2.75) is 13.5 Å². The van der Waals surface area contributed by atoms with Gasteiger partial charge in [-0.05, 0) is 36.8 Å². The van der Waals surface area contributed by atoms with Crippen molar-refractivity contribution in [1.29, 1.82) is 0 Å². The molecule has 27 heavy (non-hydrogen) atoms. The summed E-state index contributed by atoms with van der Waals surface area (Å²) in [7, 11) is 3.15. The number of nitrogens with one attached hydrogen (secondary N) is 2. The quantitative estimate of drug-likeness (QED) is 0.732. The third-order valence-corrected chi connectivity index (χ3v) is 3.56. The first-order chi connectivity index (χ1) is 13.1. The van der Waals surface area contributed by atoms with Gasteiger partial charge < -0.3 is 24.8 Å². The zero-order valence-electron chi connectivity index (χ0n) is 15.7. The van der Waals surface area contributed by atoms with Crippen LogP contribution in [-0.2, 0) is 6.54 Å². The largest absolute Gasteiger partial charge is 0.493 e. The Labute approximate surface area is 159 Å². The molecule has 2 N–H and O–H groups in total. The molecule has 1 aromatic carbocycles. The molecule has 0 aliphatic carbocycles. The number of hydrogen-bond acceptors (Lipinski definition) is 5. The maximum Gasteiger partial charge on any atom is 0.315 e. The van der Waals surface area contributed by atoms with Gasteiger partial charge in [0.15, 0.2) is 11.5 Å². The topological polar surface area (TPSA) is 81.7 Å². The molecule has 2 rings (SSSR count). The van der Waals surface area contributed by atoms with E-state index in [9.17, 15) is 4.79 Å². The fraction of sp³-hybridized carbons (Fsp3) is 0.300. The summed E-state index contributed by atoms with van der Waals surface area (Å²) in [6.45, 7) is 2.74. The highest BCUT2D eigenvalue weighted by Crippen LogP contribution is 2.27. The van der Waals surface area contributed by atoms with Crippen molar-refractivity contribution in [1.82, 2.24) is 15.6 Å². The number of aromatic nitrogens is 1. The number of hydrogen-bond donors (Lipinski definition) is 2. The second-order valence-corrected chi connectivity index (χ2v) is 5.50. The fourth-order valence-corrected chi connectivity index (χ4v) is 2.13. The highest BCUT2D eigenvalue weighted by molar-refractivity contribution is 5.74. The second-order valence-electron chi connectivity index (χ2n) is 5.50. The van der Waals surface area contributed by atoms with Gasteiger partial charge in [-0.25, -0.2) is 4.79 Å². The number of amides is 2. The van der Waals surface area contributed by atoms with E-state index in [-0.39, 0.29) is 19.2 Å². The number of benzene rings is 1. The van der Waals surface area contributed by atoms with Crippen molar-refractivity contribution in [2.75, 3.05) is 27.4 Å². The maximum absolute atomic E-state index is 11.8. The minimum atomic E-state index is -0.303. The number of rotatable bonds is 7. The summed E-state index contributed by atoms with van der Waals surface area (Å²) >= 11 is 0. The molecule has 0 saturated carbocycles. The van der Waals surface area contributed by atoms with Gasteiger partial charge in [0.25, 0.3) is 0 Å².